The average molecular weight is 665 g/mol. The van der Waals surface area contributed by atoms with Gasteiger partial charge in [-0.05, 0) is 66.4 Å². The second kappa shape index (κ2) is 13.3. The van der Waals surface area contributed by atoms with Crippen molar-refractivity contribution in [1.29, 1.82) is 0 Å². The summed E-state index contributed by atoms with van der Waals surface area (Å²) in [6.07, 6.45) is 2.19. The van der Waals surface area contributed by atoms with Gasteiger partial charge in [0.25, 0.3) is 0 Å². The summed E-state index contributed by atoms with van der Waals surface area (Å²) in [5.41, 5.74) is 2.02. The molecule has 6 aromatic rings. The number of halogens is 3. The van der Waals surface area contributed by atoms with Gasteiger partial charge in [0.1, 0.15) is 29.9 Å². The van der Waals surface area contributed by atoms with Crippen molar-refractivity contribution in [2.75, 3.05) is 6.61 Å². The summed E-state index contributed by atoms with van der Waals surface area (Å²) in [5.74, 6) is 4.02. The second-order valence-electron chi connectivity index (χ2n) is 11.5. The molecule has 7 rings (SSSR count). The van der Waals surface area contributed by atoms with Crippen LogP contribution in [0, 0.1) is 36.2 Å². The Balaban J connectivity index is 1.08. The molecule has 246 valence electrons. The van der Waals surface area contributed by atoms with Crippen molar-refractivity contribution < 1.29 is 37.0 Å². The summed E-state index contributed by atoms with van der Waals surface area (Å²) in [7, 11) is 0. The quantitative estimate of drug-likeness (QED) is 0.167. The van der Waals surface area contributed by atoms with Gasteiger partial charge in [-0.2, -0.15) is 0 Å². The predicted octanol–water partition coefficient (Wildman–Crippen LogP) is 6.87. The van der Waals surface area contributed by atoms with E-state index in [1.165, 1.54) is 36.5 Å². The van der Waals surface area contributed by atoms with Gasteiger partial charge in [0.15, 0.2) is 11.7 Å². The Kier molecular flexibility index (Phi) is 8.59. The number of hydrogen-bond donors (Lipinski definition) is 1. The Morgan fingerprint density at radius 1 is 1.00 bits per heavy atom. The number of carboxylic acids is 1. The maximum Gasteiger partial charge on any atom is 0.335 e. The number of benzene rings is 3. The van der Waals surface area contributed by atoms with E-state index >= 15 is 8.78 Å². The molecule has 1 fully saturated rings. The highest BCUT2D eigenvalue weighted by atomic mass is 19.1. The predicted molar refractivity (Wildman–Crippen MR) is 171 cm³/mol. The lowest BCUT2D eigenvalue weighted by molar-refractivity contribution is -0.0589. The van der Waals surface area contributed by atoms with Gasteiger partial charge >= 0.3 is 5.97 Å². The van der Waals surface area contributed by atoms with Gasteiger partial charge in [0.2, 0.25) is 5.88 Å². The number of carbonyl (C=O) groups is 1. The molecule has 1 saturated heterocycles. The molecule has 0 saturated carbocycles. The number of pyridine rings is 1. The Bertz CT molecular complexity index is 2280. The third-order valence-electron chi connectivity index (χ3n) is 8.12. The smallest absolute Gasteiger partial charge is 0.335 e. The van der Waals surface area contributed by atoms with Crippen LogP contribution in [0.25, 0.3) is 22.3 Å². The standard InChI is InChI=1S/C37H27F3N4O5/c1-21-41-18-26(49-21)9-6-22-5-7-24(29(38)13-22)20-48-36-4-2-3-32(43-36)28-17-30(39)25(14-31(28)40)16-35-42-33-10-8-23(37(45)46)15-34(33)44(35)19-27-11-12-47-27/h2-5,7-8,10,13-15,17-18,27H,11-12,16,19-20H2,1H3,(H,45,46). The fourth-order valence-electron chi connectivity index (χ4n) is 5.46. The third kappa shape index (κ3) is 6.88. The summed E-state index contributed by atoms with van der Waals surface area (Å²) in [4.78, 5) is 24.5. The van der Waals surface area contributed by atoms with Gasteiger partial charge in [0.05, 0.1) is 41.1 Å². The Labute approximate surface area is 278 Å². The lowest BCUT2D eigenvalue weighted by Crippen LogP contribution is -2.31. The van der Waals surface area contributed by atoms with E-state index in [-0.39, 0.29) is 53.0 Å². The first-order valence-electron chi connectivity index (χ1n) is 15.4. The molecule has 1 N–H and O–H groups in total. The van der Waals surface area contributed by atoms with Crippen LogP contribution in [0.15, 0.2) is 77.3 Å². The van der Waals surface area contributed by atoms with E-state index in [0.29, 0.717) is 47.2 Å². The second-order valence-corrected chi connectivity index (χ2v) is 11.5. The van der Waals surface area contributed by atoms with E-state index in [1.807, 2.05) is 4.57 Å². The summed E-state index contributed by atoms with van der Waals surface area (Å²) >= 11 is 0. The van der Waals surface area contributed by atoms with Gasteiger partial charge in [-0.25, -0.2) is 32.9 Å². The van der Waals surface area contributed by atoms with Crippen LogP contribution in [0.4, 0.5) is 13.2 Å². The van der Waals surface area contributed by atoms with Crippen LogP contribution >= 0.6 is 0 Å². The topological polar surface area (TPSA) is 113 Å². The zero-order valence-corrected chi connectivity index (χ0v) is 26.0. The first kappa shape index (κ1) is 31.7. The molecule has 0 spiro atoms. The lowest BCUT2D eigenvalue weighted by Gasteiger charge is -2.27. The highest BCUT2D eigenvalue weighted by Crippen LogP contribution is 2.29. The fraction of sp³-hybridized carbons (Fsp3) is 0.189. The third-order valence-corrected chi connectivity index (χ3v) is 8.12. The Morgan fingerprint density at radius 2 is 1.84 bits per heavy atom. The molecule has 4 heterocycles. The number of imidazole rings is 1. The number of rotatable bonds is 9. The summed E-state index contributed by atoms with van der Waals surface area (Å²) in [6, 6.07) is 15.9. The van der Waals surface area contributed by atoms with Crippen molar-refractivity contribution in [3.63, 3.8) is 0 Å². The van der Waals surface area contributed by atoms with Crippen molar-refractivity contribution in [3.05, 3.63) is 130 Å². The number of fused-ring (bicyclic) bond motifs is 1. The molecular weight excluding hydrogens is 637 g/mol. The highest BCUT2D eigenvalue weighted by Gasteiger charge is 2.24. The number of aromatic nitrogens is 4. The SMILES string of the molecule is Cc1ncc(C#Cc2ccc(COc3cccc(-c4cc(F)c(Cc5nc6ccc(C(=O)O)cc6n5CC5CCO5)cc4F)n3)c(F)c2)o1. The zero-order chi connectivity index (χ0) is 34.1. The fourth-order valence-corrected chi connectivity index (χ4v) is 5.46. The van der Waals surface area contributed by atoms with Crippen molar-refractivity contribution in [2.45, 2.75) is 39.0 Å². The van der Waals surface area contributed by atoms with Crippen LogP contribution in [0.1, 0.15) is 50.9 Å². The van der Waals surface area contributed by atoms with Gasteiger partial charge in [-0.3, -0.25) is 0 Å². The molecule has 9 nitrogen and oxygen atoms in total. The van der Waals surface area contributed by atoms with Crippen LogP contribution in [-0.2, 0) is 24.3 Å². The maximum atomic E-state index is 15.6. The average Bonchev–Trinajstić information content (AvgIpc) is 3.64. The van der Waals surface area contributed by atoms with E-state index < -0.39 is 23.4 Å². The molecule has 0 radical (unpaired) electrons. The number of hydrogen-bond acceptors (Lipinski definition) is 7. The van der Waals surface area contributed by atoms with E-state index in [2.05, 4.69) is 26.8 Å². The molecule has 3 aromatic carbocycles. The normalized spacial score (nSPS) is 13.9. The van der Waals surface area contributed by atoms with Crippen molar-refractivity contribution in [1.82, 2.24) is 19.5 Å². The van der Waals surface area contributed by atoms with E-state index in [9.17, 15) is 14.3 Å². The molecule has 0 aliphatic carbocycles. The Hall–Kier alpha value is -5.93. The number of carboxylic acid groups (broad SMARTS) is 1. The minimum absolute atomic E-state index is 0.0426. The van der Waals surface area contributed by atoms with E-state index in [0.717, 1.165) is 18.6 Å². The first-order chi connectivity index (χ1) is 23.7. The molecule has 3 aromatic heterocycles. The molecule has 1 unspecified atom stereocenters. The van der Waals surface area contributed by atoms with Gasteiger partial charge in [-0.1, -0.05) is 18.1 Å². The molecule has 0 bridgehead atoms. The van der Waals surface area contributed by atoms with E-state index in [1.54, 1.807) is 31.2 Å². The number of ether oxygens (including phenoxy) is 2. The van der Waals surface area contributed by atoms with Crippen LogP contribution in [0.3, 0.4) is 0 Å². The van der Waals surface area contributed by atoms with Crippen LogP contribution in [0.5, 0.6) is 5.88 Å². The number of aryl methyl sites for hydroxylation is 1. The van der Waals surface area contributed by atoms with Gasteiger partial charge in [-0.15, -0.1) is 0 Å². The molecule has 49 heavy (non-hydrogen) atoms. The molecule has 12 heteroatoms. The monoisotopic (exact) mass is 664 g/mol. The first-order valence-corrected chi connectivity index (χ1v) is 15.4. The van der Waals surface area contributed by atoms with Crippen molar-refractivity contribution in [3.8, 4) is 29.0 Å². The van der Waals surface area contributed by atoms with Crippen molar-refractivity contribution >= 4 is 17.0 Å². The lowest BCUT2D eigenvalue weighted by atomic mass is 10.0. The summed E-state index contributed by atoms with van der Waals surface area (Å²) < 4.78 is 64.3. The van der Waals surface area contributed by atoms with Crippen LogP contribution in [-0.4, -0.2) is 43.3 Å². The summed E-state index contributed by atoms with van der Waals surface area (Å²) in [6.45, 7) is 2.57. The van der Waals surface area contributed by atoms with Gasteiger partial charge < -0.3 is 23.6 Å². The van der Waals surface area contributed by atoms with Crippen LogP contribution < -0.4 is 4.74 Å². The molecule has 1 aliphatic heterocycles. The molecule has 1 atom stereocenters. The molecular formula is C37H27F3N4O5. The molecule has 1 aliphatic rings. The molecule has 0 amide bonds. The van der Waals surface area contributed by atoms with E-state index in [4.69, 9.17) is 13.9 Å². The zero-order valence-electron chi connectivity index (χ0n) is 26.0. The van der Waals surface area contributed by atoms with Gasteiger partial charge in [0, 0.05) is 42.7 Å². The Morgan fingerprint density at radius 3 is 2.57 bits per heavy atom. The number of nitrogens with zero attached hydrogens (tertiary/aromatic N) is 4. The summed E-state index contributed by atoms with van der Waals surface area (Å²) in [5, 5.41) is 9.49. The van der Waals surface area contributed by atoms with Crippen molar-refractivity contribution in [2.24, 2.45) is 0 Å². The van der Waals surface area contributed by atoms with Crippen LogP contribution in [0.2, 0.25) is 0 Å². The minimum Gasteiger partial charge on any atom is -0.478 e. The highest BCUT2D eigenvalue weighted by molar-refractivity contribution is 5.92. The minimum atomic E-state index is -1.08. The number of aromatic carboxylic acids is 1. The maximum absolute atomic E-state index is 15.6. The number of oxazole rings is 1. The largest absolute Gasteiger partial charge is 0.478 e.